The van der Waals surface area contributed by atoms with Crippen molar-refractivity contribution >= 4 is 23.7 Å². The molecule has 0 heterocycles. The number of benzene rings is 1. The Bertz CT molecular complexity index is 475. The number of carbonyl (C=O) groups excluding carboxylic acids is 1. The first-order valence-electron chi connectivity index (χ1n) is 6.99. The maximum atomic E-state index is 11.8. The molecule has 0 bridgehead atoms. The summed E-state index contributed by atoms with van der Waals surface area (Å²) in [4.78, 5) is 11.8. The standard InChI is InChI=1S/C16H21NO2S/c1-2-20-14-10-11-16(14,19)12-17-15(18)9-8-13-6-4-3-5-7-13/h3-9,14,19H,2,10-12H2,1H3,(H,17,18)/b9-8+/t14-,16-/m1/s1. The molecule has 1 aromatic rings. The fourth-order valence-electron chi connectivity index (χ4n) is 2.27. The summed E-state index contributed by atoms with van der Waals surface area (Å²) in [7, 11) is 0. The Morgan fingerprint density at radius 3 is 2.85 bits per heavy atom. The van der Waals surface area contributed by atoms with Crippen LogP contribution in [0.4, 0.5) is 0 Å². The van der Waals surface area contributed by atoms with Crippen LogP contribution in [0.15, 0.2) is 36.4 Å². The fourth-order valence-corrected chi connectivity index (χ4v) is 3.47. The predicted molar refractivity (Wildman–Crippen MR) is 84.6 cm³/mol. The summed E-state index contributed by atoms with van der Waals surface area (Å²) in [6, 6.07) is 9.69. The molecule has 0 saturated heterocycles. The van der Waals surface area contributed by atoms with Crippen LogP contribution in [0, 0.1) is 0 Å². The van der Waals surface area contributed by atoms with E-state index >= 15 is 0 Å². The Morgan fingerprint density at radius 1 is 1.50 bits per heavy atom. The maximum absolute atomic E-state index is 11.8. The molecule has 1 amide bonds. The molecule has 0 spiro atoms. The Balaban J connectivity index is 1.79. The van der Waals surface area contributed by atoms with Gasteiger partial charge in [0.2, 0.25) is 5.91 Å². The first kappa shape index (κ1) is 15.1. The van der Waals surface area contributed by atoms with E-state index in [0.29, 0.717) is 6.54 Å². The van der Waals surface area contributed by atoms with E-state index in [2.05, 4.69) is 12.2 Å². The number of aliphatic hydroxyl groups is 1. The summed E-state index contributed by atoms with van der Waals surface area (Å²) >= 11 is 1.77. The average molecular weight is 291 g/mol. The van der Waals surface area contributed by atoms with Gasteiger partial charge >= 0.3 is 0 Å². The van der Waals surface area contributed by atoms with Gasteiger partial charge in [-0.25, -0.2) is 0 Å². The van der Waals surface area contributed by atoms with Crippen molar-refractivity contribution in [1.82, 2.24) is 5.32 Å². The van der Waals surface area contributed by atoms with Crippen LogP contribution in [-0.4, -0.2) is 34.2 Å². The van der Waals surface area contributed by atoms with Crippen LogP contribution in [0.3, 0.4) is 0 Å². The number of thioether (sulfide) groups is 1. The van der Waals surface area contributed by atoms with Gasteiger partial charge in [-0.05, 0) is 30.2 Å². The van der Waals surface area contributed by atoms with E-state index in [1.54, 1.807) is 17.8 Å². The molecule has 1 fully saturated rings. The van der Waals surface area contributed by atoms with Gasteiger partial charge in [-0.3, -0.25) is 4.79 Å². The molecule has 4 heteroatoms. The summed E-state index contributed by atoms with van der Waals surface area (Å²) in [6.07, 6.45) is 5.09. The first-order chi connectivity index (χ1) is 9.64. The van der Waals surface area contributed by atoms with E-state index in [-0.39, 0.29) is 11.2 Å². The summed E-state index contributed by atoms with van der Waals surface area (Å²) < 4.78 is 0. The Hall–Kier alpha value is -1.26. The van der Waals surface area contributed by atoms with Crippen LogP contribution in [0.5, 0.6) is 0 Å². The van der Waals surface area contributed by atoms with E-state index < -0.39 is 5.60 Å². The lowest BCUT2D eigenvalue weighted by Gasteiger charge is -2.44. The fraction of sp³-hybridized carbons (Fsp3) is 0.438. The van der Waals surface area contributed by atoms with Gasteiger partial charge in [0, 0.05) is 17.9 Å². The normalized spacial score (nSPS) is 25.4. The monoisotopic (exact) mass is 291 g/mol. The quantitative estimate of drug-likeness (QED) is 0.792. The summed E-state index contributed by atoms with van der Waals surface area (Å²) in [5.74, 6) is 0.837. The topological polar surface area (TPSA) is 49.3 Å². The van der Waals surface area contributed by atoms with Gasteiger partial charge in [0.05, 0.1) is 5.60 Å². The van der Waals surface area contributed by atoms with Crippen molar-refractivity contribution in [3.63, 3.8) is 0 Å². The van der Waals surface area contributed by atoms with E-state index in [4.69, 9.17) is 0 Å². The highest BCUT2D eigenvalue weighted by Crippen LogP contribution is 2.40. The largest absolute Gasteiger partial charge is 0.387 e. The highest BCUT2D eigenvalue weighted by molar-refractivity contribution is 8.00. The van der Waals surface area contributed by atoms with Crippen LogP contribution in [0.2, 0.25) is 0 Å². The number of carbonyl (C=O) groups is 1. The molecule has 0 radical (unpaired) electrons. The third-order valence-electron chi connectivity index (χ3n) is 3.60. The third kappa shape index (κ3) is 3.87. The minimum atomic E-state index is -0.725. The van der Waals surface area contributed by atoms with Crippen LogP contribution < -0.4 is 5.32 Å². The lowest BCUT2D eigenvalue weighted by Crippen LogP contribution is -2.56. The Kier molecular flexibility index (Phi) is 5.26. The molecular formula is C16H21NO2S. The zero-order chi connectivity index (χ0) is 14.4. The van der Waals surface area contributed by atoms with E-state index in [1.165, 1.54) is 6.08 Å². The molecule has 108 valence electrons. The minimum absolute atomic E-state index is 0.158. The number of rotatable bonds is 6. The zero-order valence-electron chi connectivity index (χ0n) is 11.7. The molecule has 1 aliphatic carbocycles. The van der Waals surface area contributed by atoms with Gasteiger partial charge in [-0.2, -0.15) is 11.8 Å². The molecule has 3 nitrogen and oxygen atoms in total. The predicted octanol–water partition coefficient (Wildman–Crippen LogP) is 2.46. The lowest BCUT2D eigenvalue weighted by atomic mass is 9.79. The number of hydrogen-bond donors (Lipinski definition) is 2. The van der Waals surface area contributed by atoms with Crippen molar-refractivity contribution in [2.45, 2.75) is 30.6 Å². The molecular weight excluding hydrogens is 270 g/mol. The highest BCUT2D eigenvalue weighted by Gasteiger charge is 2.45. The number of amides is 1. The molecule has 2 N–H and O–H groups in total. The summed E-state index contributed by atoms with van der Waals surface area (Å²) in [6.45, 7) is 2.42. The lowest BCUT2D eigenvalue weighted by molar-refractivity contribution is -0.118. The Labute approximate surface area is 124 Å². The third-order valence-corrected chi connectivity index (χ3v) is 5.01. The van der Waals surface area contributed by atoms with Crippen molar-refractivity contribution in [2.24, 2.45) is 0 Å². The maximum Gasteiger partial charge on any atom is 0.244 e. The summed E-state index contributed by atoms with van der Waals surface area (Å²) in [5.41, 5.74) is 0.265. The highest BCUT2D eigenvalue weighted by atomic mass is 32.2. The van der Waals surface area contributed by atoms with Gasteiger partial charge in [0.15, 0.2) is 0 Å². The molecule has 1 aromatic carbocycles. The molecule has 0 aromatic heterocycles. The van der Waals surface area contributed by atoms with Gasteiger partial charge in [0.25, 0.3) is 0 Å². The molecule has 1 saturated carbocycles. The molecule has 0 unspecified atom stereocenters. The molecule has 2 atom stereocenters. The van der Waals surface area contributed by atoms with Gasteiger partial charge < -0.3 is 10.4 Å². The Morgan fingerprint density at radius 2 is 2.25 bits per heavy atom. The van der Waals surface area contributed by atoms with Crippen molar-refractivity contribution in [1.29, 1.82) is 0 Å². The van der Waals surface area contributed by atoms with E-state index in [0.717, 1.165) is 24.2 Å². The second-order valence-corrected chi connectivity index (χ2v) is 6.53. The molecule has 2 rings (SSSR count). The smallest absolute Gasteiger partial charge is 0.244 e. The number of nitrogens with one attached hydrogen (secondary N) is 1. The zero-order valence-corrected chi connectivity index (χ0v) is 12.5. The van der Waals surface area contributed by atoms with Gasteiger partial charge in [-0.15, -0.1) is 0 Å². The molecule has 1 aliphatic rings. The van der Waals surface area contributed by atoms with Crippen LogP contribution >= 0.6 is 11.8 Å². The minimum Gasteiger partial charge on any atom is -0.387 e. The molecule has 20 heavy (non-hydrogen) atoms. The van der Waals surface area contributed by atoms with Crippen LogP contribution in [0.25, 0.3) is 6.08 Å². The van der Waals surface area contributed by atoms with Crippen LogP contribution in [0.1, 0.15) is 25.3 Å². The van der Waals surface area contributed by atoms with Crippen molar-refractivity contribution < 1.29 is 9.90 Å². The van der Waals surface area contributed by atoms with Crippen molar-refractivity contribution in [3.8, 4) is 0 Å². The van der Waals surface area contributed by atoms with Crippen molar-refractivity contribution in [3.05, 3.63) is 42.0 Å². The van der Waals surface area contributed by atoms with Crippen LogP contribution in [-0.2, 0) is 4.79 Å². The van der Waals surface area contributed by atoms with Crippen molar-refractivity contribution in [2.75, 3.05) is 12.3 Å². The average Bonchev–Trinajstić information content (AvgIpc) is 2.48. The van der Waals surface area contributed by atoms with E-state index in [1.807, 2.05) is 30.3 Å². The second-order valence-electron chi connectivity index (χ2n) is 5.05. The van der Waals surface area contributed by atoms with Gasteiger partial charge in [0.1, 0.15) is 0 Å². The SMILES string of the molecule is CCS[C@@H]1CC[C@@]1(O)CNC(=O)/C=C/c1ccccc1. The summed E-state index contributed by atoms with van der Waals surface area (Å²) in [5, 5.41) is 13.4. The molecule has 0 aliphatic heterocycles. The second kappa shape index (κ2) is 6.95. The number of hydrogen-bond acceptors (Lipinski definition) is 3. The van der Waals surface area contributed by atoms with E-state index in [9.17, 15) is 9.90 Å². The first-order valence-corrected chi connectivity index (χ1v) is 8.04. The van der Waals surface area contributed by atoms with Gasteiger partial charge in [-0.1, -0.05) is 37.3 Å².